The quantitative estimate of drug-likeness (QED) is 0.394. The van der Waals surface area contributed by atoms with Gasteiger partial charge in [-0.05, 0) is 61.7 Å². The van der Waals surface area contributed by atoms with Gasteiger partial charge < -0.3 is 16.2 Å². The second-order valence-corrected chi connectivity index (χ2v) is 9.86. The van der Waals surface area contributed by atoms with Crippen molar-refractivity contribution in [2.45, 2.75) is 25.8 Å². The summed E-state index contributed by atoms with van der Waals surface area (Å²) < 4.78 is 26.1. The van der Waals surface area contributed by atoms with Gasteiger partial charge in [-0.3, -0.25) is 0 Å². The molecular formula is C24H31N5O3S. The normalized spacial score (nSPS) is 12.6. The number of hydrogen-bond donors (Lipinski definition) is 3. The van der Waals surface area contributed by atoms with Gasteiger partial charge in [0.2, 0.25) is 16.0 Å². The number of nitrogens with two attached hydrogens (primary N) is 1. The van der Waals surface area contributed by atoms with Gasteiger partial charge in [-0.25, -0.2) is 18.4 Å². The fourth-order valence-corrected chi connectivity index (χ4v) is 4.76. The highest BCUT2D eigenvalue weighted by molar-refractivity contribution is 7.88. The Morgan fingerprint density at radius 3 is 2.61 bits per heavy atom. The highest BCUT2D eigenvalue weighted by Gasteiger charge is 2.24. The number of aromatic hydroxyl groups is 1. The molecule has 8 nitrogen and oxygen atoms in total. The van der Waals surface area contributed by atoms with Gasteiger partial charge in [-0.2, -0.15) is 4.31 Å². The monoisotopic (exact) mass is 469 g/mol. The first-order chi connectivity index (χ1) is 15.8. The van der Waals surface area contributed by atoms with E-state index in [9.17, 15) is 13.5 Å². The van der Waals surface area contributed by atoms with Crippen LogP contribution in [-0.2, 0) is 16.4 Å². The predicted octanol–water partition coefficient (Wildman–Crippen LogP) is 3.18. The number of nitrogens with zero attached hydrogens (tertiary/aromatic N) is 3. The van der Waals surface area contributed by atoms with Crippen LogP contribution in [0.1, 0.15) is 30.5 Å². The topological polar surface area (TPSA) is 121 Å². The number of anilines is 1. The molecule has 2 aromatic carbocycles. The third kappa shape index (κ3) is 6.98. The molecule has 176 valence electrons. The molecule has 1 aromatic heterocycles. The van der Waals surface area contributed by atoms with Crippen LogP contribution in [0.4, 0.5) is 5.95 Å². The van der Waals surface area contributed by atoms with E-state index in [1.54, 1.807) is 18.3 Å². The van der Waals surface area contributed by atoms with Gasteiger partial charge >= 0.3 is 0 Å². The van der Waals surface area contributed by atoms with Crippen LogP contribution in [-0.4, -0.2) is 53.7 Å². The average Bonchev–Trinajstić information content (AvgIpc) is 2.80. The summed E-state index contributed by atoms with van der Waals surface area (Å²) in [6.07, 6.45) is 4.29. The fraction of sp³-hybridized carbons (Fsp3) is 0.333. The van der Waals surface area contributed by atoms with E-state index >= 15 is 0 Å². The molecule has 1 unspecified atom stereocenters. The molecule has 0 saturated carbocycles. The molecule has 3 aromatic rings. The van der Waals surface area contributed by atoms with Crippen LogP contribution < -0.4 is 11.1 Å². The summed E-state index contributed by atoms with van der Waals surface area (Å²) in [6, 6.07) is 16.4. The lowest BCUT2D eigenvalue weighted by molar-refractivity contribution is 0.342. The Balaban J connectivity index is 1.73. The predicted molar refractivity (Wildman–Crippen MR) is 131 cm³/mol. The van der Waals surface area contributed by atoms with Gasteiger partial charge in [0, 0.05) is 30.9 Å². The van der Waals surface area contributed by atoms with Crippen molar-refractivity contribution < 1.29 is 13.5 Å². The number of phenols is 1. The van der Waals surface area contributed by atoms with Crippen molar-refractivity contribution in [3.63, 3.8) is 0 Å². The Labute approximate surface area is 195 Å². The van der Waals surface area contributed by atoms with Crippen molar-refractivity contribution in [3.8, 4) is 17.0 Å². The molecule has 0 fully saturated rings. The number of hydrogen-bond acceptors (Lipinski definition) is 7. The molecule has 3 rings (SSSR count). The van der Waals surface area contributed by atoms with Crippen LogP contribution in [0.25, 0.3) is 11.3 Å². The SMILES string of the molecule is CC(c1cccc(-c2ccnc(NCCc3ccc(O)cc3)n2)c1)N(CCCN)S(C)(=O)=O. The van der Waals surface area contributed by atoms with Gasteiger partial charge in [0.05, 0.1) is 11.9 Å². The molecule has 0 spiro atoms. The van der Waals surface area contributed by atoms with E-state index in [-0.39, 0.29) is 11.8 Å². The second-order valence-electron chi connectivity index (χ2n) is 7.93. The minimum absolute atomic E-state index is 0.248. The molecule has 0 amide bonds. The first-order valence-corrected chi connectivity index (χ1v) is 12.7. The minimum atomic E-state index is -3.38. The van der Waals surface area contributed by atoms with Crippen molar-refractivity contribution in [1.82, 2.24) is 14.3 Å². The van der Waals surface area contributed by atoms with Gasteiger partial charge in [-0.15, -0.1) is 0 Å². The number of aromatic nitrogens is 2. The molecule has 0 radical (unpaired) electrons. The number of rotatable bonds is 11. The molecule has 33 heavy (non-hydrogen) atoms. The molecule has 0 aliphatic rings. The van der Waals surface area contributed by atoms with Gasteiger partial charge in [0.25, 0.3) is 0 Å². The van der Waals surface area contributed by atoms with Crippen molar-refractivity contribution in [2.75, 3.05) is 31.2 Å². The summed E-state index contributed by atoms with van der Waals surface area (Å²) in [5, 5.41) is 12.6. The van der Waals surface area contributed by atoms with E-state index in [2.05, 4.69) is 15.3 Å². The maximum absolute atomic E-state index is 12.3. The van der Waals surface area contributed by atoms with Crippen molar-refractivity contribution >= 4 is 16.0 Å². The first kappa shape index (κ1) is 24.6. The second kappa shape index (κ2) is 11.2. The average molecular weight is 470 g/mol. The molecule has 0 saturated heterocycles. The van der Waals surface area contributed by atoms with E-state index in [1.807, 2.05) is 49.4 Å². The van der Waals surface area contributed by atoms with E-state index < -0.39 is 10.0 Å². The molecule has 1 atom stereocenters. The molecule has 0 bridgehead atoms. The Morgan fingerprint density at radius 2 is 1.91 bits per heavy atom. The zero-order valence-electron chi connectivity index (χ0n) is 19.0. The number of phenolic OH excluding ortho intramolecular Hbond substituents is 1. The molecule has 0 aliphatic carbocycles. The summed E-state index contributed by atoms with van der Waals surface area (Å²) in [6.45, 7) is 3.34. The van der Waals surface area contributed by atoms with Gasteiger partial charge in [0.1, 0.15) is 5.75 Å². The van der Waals surface area contributed by atoms with E-state index in [1.165, 1.54) is 10.6 Å². The number of sulfonamides is 1. The first-order valence-electron chi connectivity index (χ1n) is 10.9. The summed E-state index contributed by atoms with van der Waals surface area (Å²) >= 11 is 0. The fourth-order valence-electron chi connectivity index (χ4n) is 3.60. The third-order valence-corrected chi connectivity index (χ3v) is 6.74. The molecular weight excluding hydrogens is 438 g/mol. The van der Waals surface area contributed by atoms with Gasteiger partial charge in [0.15, 0.2) is 0 Å². The Bertz CT molecular complexity index is 1150. The lowest BCUT2D eigenvalue weighted by Crippen LogP contribution is -2.34. The zero-order valence-corrected chi connectivity index (χ0v) is 19.8. The number of benzene rings is 2. The standard InChI is InChI=1S/C24H31N5O3S/c1-18(29(16-4-13-25)33(2,31)32)20-5-3-6-21(17-20)23-12-15-27-24(28-23)26-14-11-19-7-9-22(30)10-8-19/h3,5-10,12,15,17-18,30H,4,11,13-14,16,25H2,1-2H3,(H,26,27,28). The largest absolute Gasteiger partial charge is 0.508 e. The van der Waals surface area contributed by atoms with Crippen LogP contribution >= 0.6 is 0 Å². The van der Waals surface area contributed by atoms with E-state index in [0.29, 0.717) is 32.0 Å². The Kier molecular flexibility index (Phi) is 8.37. The summed E-state index contributed by atoms with van der Waals surface area (Å²) in [7, 11) is -3.38. The van der Waals surface area contributed by atoms with E-state index in [4.69, 9.17) is 5.73 Å². The molecule has 9 heteroatoms. The lowest BCUT2D eigenvalue weighted by atomic mass is 10.0. The third-order valence-electron chi connectivity index (χ3n) is 5.39. The maximum Gasteiger partial charge on any atom is 0.223 e. The summed E-state index contributed by atoms with van der Waals surface area (Å²) in [4.78, 5) is 8.92. The zero-order chi connectivity index (χ0) is 23.8. The lowest BCUT2D eigenvalue weighted by Gasteiger charge is -2.27. The van der Waals surface area contributed by atoms with Crippen LogP contribution in [0, 0.1) is 0 Å². The Hall–Kier alpha value is -3.01. The van der Waals surface area contributed by atoms with Crippen LogP contribution in [0.5, 0.6) is 5.75 Å². The van der Waals surface area contributed by atoms with Crippen molar-refractivity contribution in [1.29, 1.82) is 0 Å². The van der Waals surface area contributed by atoms with Crippen molar-refractivity contribution in [3.05, 3.63) is 71.9 Å². The number of nitrogens with one attached hydrogen (secondary N) is 1. The highest BCUT2D eigenvalue weighted by atomic mass is 32.2. The molecule has 1 heterocycles. The minimum Gasteiger partial charge on any atom is -0.508 e. The summed E-state index contributed by atoms with van der Waals surface area (Å²) in [5.41, 5.74) is 9.21. The van der Waals surface area contributed by atoms with Crippen LogP contribution in [0.3, 0.4) is 0 Å². The molecule has 4 N–H and O–H groups in total. The van der Waals surface area contributed by atoms with E-state index in [0.717, 1.165) is 28.8 Å². The highest BCUT2D eigenvalue weighted by Crippen LogP contribution is 2.27. The summed E-state index contributed by atoms with van der Waals surface area (Å²) in [5.74, 6) is 0.767. The van der Waals surface area contributed by atoms with Crippen molar-refractivity contribution in [2.24, 2.45) is 5.73 Å². The van der Waals surface area contributed by atoms with Crippen LogP contribution in [0.2, 0.25) is 0 Å². The molecule has 0 aliphatic heterocycles. The smallest absolute Gasteiger partial charge is 0.223 e. The van der Waals surface area contributed by atoms with Gasteiger partial charge in [-0.1, -0.05) is 30.3 Å². The Morgan fingerprint density at radius 1 is 1.15 bits per heavy atom. The van der Waals surface area contributed by atoms with Crippen LogP contribution in [0.15, 0.2) is 60.8 Å². The maximum atomic E-state index is 12.3.